The number of nitrogens with zero attached hydrogens (tertiary/aromatic N) is 2. The molecule has 2 unspecified atom stereocenters. The predicted molar refractivity (Wildman–Crippen MR) is 231 cm³/mol. The van der Waals surface area contributed by atoms with Gasteiger partial charge in [-0.1, -0.05) is 124 Å². The van der Waals surface area contributed by atoms with Crippen molar-refractivity contribution in [1.29, 1.82) is 0 Å². The molecule has 2 atom stereocenters. The highest BCUT2D eigenvalue weighted by molar-refractivity contribution is 6.12. The Bertz CT molecular complexity index is 2910. The summed E-state index contributed by atoms with van der Waals surface area (Å²) in [6.07, 6.45) is 9.58. The summed E-state index contributed by atoms with van der Waals surface area (Å²) in [5, 5.41) is 5.34. The topological polar surface area (TPSA) is 8.81 Å². The van der Waals surface area contributed by atoms with Crippen LogP contribution >= 0.6 is 0 Å². The third-order valence-corrected chi connectivity index (χ3v) is 16.9. The van der Waals surface area contributed by atoms with Crippen LogP contribution in [0.2, 0.25) is 0 Å². The van der Waals surface area contributed by atoms with Crippen molar-refractivity contribution in [3.05, 3.63) is 143 Å². The first-order valence-corrected chi connectivity index (χ1v) is 20.7. The van der Waals surface area contributed by atoms with E-state index in [1.54, 1.807) is 0 Å². The molecule has 1 aliphatic heterocycles. The second-order valence-corrected chi connectivity index (χ2v) is 19.5. The molecule has 0 N–H and O–H groups in total. The minimum atomic E-state index is -0.0964. The zero-order valence-electron chi connectivity index (χ0n) is 34.3. The molecule has 5 aromatic carbocycles. The van der Waals surface area contributed by atoms with Gasteiger partial charge in [-0.15, -0.1) is 0 Å². The number of benzene rings is 5. The van der Waals surface area contributed by atoms with Gasteiger partial charge < -0.3 is 4.57 Å². The standard InChI is InChI=1S/C53H53N2/c1-11-52-24-25-53(52,12-2)54-26-23-32-27-43-44(50(7,8)51(9,10)49(43,5)6)30-36(32)47(54)39-28-33(21-22-41(39)52)55-45-20-16-14-18-35(45)38-29-37-34-17-13-15-19-40(34)48(3,4)42(37)31-46(38)55/h13-31H,11-12H2,1-10H3/q+1. The van der Waals surface area contributed by atoms with E-state index >= 15 is 0 Å². The molecule has 0 bridgehead atoms. The number of hydrogen-bond donors (Lipinski definition) is 0. The molecule has 0 saturated carbocycles. The van der Waals surface area contributed by atoms with Gasteiger partial charge in [-0.3, -0.25) is 0 Å². The van der Waals surface area contributed by atoms with Crippen LogP contribution in [-0.4, -0.2) is 4.57 Å². The molecule has 2 aromatic heterocycles. The molecule has 11 rings (SSSR count). The lowest BCUT2D eigenvalue weighted by Gasteiger charge is -2.52. The van der Waals surface area contributed by atoms with Crippen molar-refractivity contribution in [1.82, 2.24) is 4.57 Å². The summed E-state index contributed by atoms with van der Waals surface area (Å²) in [7, 11) is 0. The minimum Gasteiger partial charge on any atom is -0.309 e. The molecule has 2 heteroatoms. The van der Waals surface area contributed by atoms with Gasteiger partial charge in [0.25, 0.3) is 0 Å². The average Bonchev–Trinajstić information content (AvgIpc) is 3.64. The van der Waals surface area contributed by atoms with Crippen molar-refractivity contribution in [2.24, 2.45) is 5.41 Å². The van der Waals surface area contributed by atoms with Crippen molar-refractivity contribution in [3.8, 4) is 28.1 Å². The molecule has 0 radical (unpaired) electrons. The first kappa shape index (κ1) is 33.4. The molecule has 7 aromatic rings. The number of para-hydroxylation sites is 1. The van der Waals surface area contributed by atoms with Crippen LogP contribution in [0, 0.1) is 5.41 Å². The molecule has 274 valence electrons. The summed E-state index contributed by atoms with van der Waals surface area (Å²) in [4.78, 5) is 0. The molecule has 2 nitrogen and oxygen atoms in total. The predicted octanol–water partition coefficient (Wildman–Crippen LogP) is 13.1. The first-order chi connectivity index (χ1) is 26.2. The number of aromatic nitrogens is 2. The number of hydrogen-bond acceptors (Lipinski definition) is 0. The van der Waals surface area contributed by atoms with Crippen molar-refractivity contribution in [2.45, 2.75) is 109 Å². The third-order valence-electron chi connectivity index (χ3n) is 16.9. The Morgan fingerprint density at radius 2 is 1.25 bits per heavy atom. The summed E-state index contributed by atoms with van der Waals surface area (Å²) >= 11 is 0. The lowest BCUT2D eigenvalue weighted by molar-refractivity contribution is -0.758. The molecule has 0 spiro atoms. The van der Waals surface area contributed by atoms with Gasteiger partial charge in [-0.05, 0) is 116 Å². The Morgan fingerprint density at radius 1 is 0.527 bits per heavy atom. The second-order valence-electron chi connectivity index (χ2n) is 19.5. The Balaban J connectivity index is 1.23. The van der Waals surface area contributed by atoms with Gasteiger partial charge in [0.05, 0.1) is 27.4 Å². The van der Waals surface area contributed by atoms with E-state index in [2.05, 4.69) is 194 Å². The summed E-state index contributed by atoms with van der Waals surface area (Å²) in [5.41, 5.74) is 16.5. The van der Waals surface area contributed by atoms with E-state index in [1.165, 1.54) is 88.5 Å². The van der Waals surface area contributed by atoms with Crippen molar-refractivity contribution in [2.75, 3.05) is 0 Å². The monoisotopic (exact) mass is 717 g/mol. The van der Waals surface area contributed by atoms with Gasteiger partial charge in [-0.25, -0.2) is 0 Å². The highest BCUT2D eigenvalue weighted by Gasteiger charge is 2.65. The minimum absolute atomic E-state index is 0.0232. The van der Waals surface area contributed by atoms with Crippen LogP contribution in [0.4, 0.5) is 0 Å². The quantitative estimate of drug-likeness (QED) is 0.127. The van der Waals surface area contributed by atoms with Crippen LogP contribution in [0.15, 0.2) is 115 Å². The van der Waals surface area contributed by atoms with Crippen LogP contribution in [-0.2, 0) is 27.2 Å². The molecule has 3 aliphatic carbocycles. The smallest absolute Gasteiger partial charge is 0.221 e. The van der Waals surface area contributed by atoms with E-state index < -0.39 is 0 Å². The highest BCUT2D eigenvalue weighted by atomic mass is 15.1. The van der Waals surface area contributed by atoms with Crippen molar-refractivity contribution >= 4 is 32.6 Å². The molecule has 0 fully saturated rings. The second kappa shape index (κ2) is 10.1. The zero-order chi connectivity index (χ0) is 38.2. The van der Waals surface area contributed by atoms with E-state index in [9.17, 15) is 0 Å². The fourth-order valence-electron chi connectivity index (χ4n) is 12.4. The number of pyridine rings is 1. The molecular formula is C53H53N2+. The summed E-state index contributed by atoms with van der Waals surface area (Å²) in [5.74, 6) is 0. The summed E-state index contributed by atoms with van der Waals surface area (Å²) in [6.45, 7) is 24.4. The van der Waals surface area contributed by atoms with E-state index in [-0.39, 0.29) is 32.6 Å². The fourth-order valence-corrected chi connectivity index (χ4v) is 12.4. The average molecular weight is 718 g/mol. The SMILES string of the molecule is CCC12C=CC1(CC)[n+]1ccc3cc4c(cc3c1-c1cc(-n3c5ccccc5c5cc6c(cc53)C(C)(C)c3ccccc3-6)ccc12)C(C)(C)C(C)(C)C4(C)C. The van der Waals surface area contributed by atoms with Crippen LogP contribution in [0.5, 0.6) is 0 Å². The van der Waals surface area contributed by atoms with Crippen LogP contribution in [0.25, 0.3) is 60.6 Å². The largest absolute Gasteiger partial charge is 0.309 e. The van der Waals surface area contributed by atoms with E-state index in [0.717, 1.165) is 12.8 Å². The maximum atomic E-state index is 2.69. The summed E-state index contributed by atoms with van der Waals surface area (Å²) in [6, 6.07) is 38.1. The van der Waals surface area contributed by atoms with Gasteiger partial charge in [0.2, 0.25) is 5.69 Å². The van der Waals surface area contributed by atoms with Crippen molar-refractivity contribution in [3.63, 3.8) is 0 Å². The molecule has 55 heavy (non-hydrogen) atoms. The van der Waals surface area contributed by atoms with Crippen LogP contribution in [0.3, 0.4) is 0 Å². The number of allylic oxidation sites excluding steroid dienone is 2. The lowest BCUT2D eigenvalue weighted by atomic mass is 9.52. The normalized spacial score (nSPS) is 23.9. The zero-order valence-corrected chi connectivity index (χ0v) is 34.3. The van der Waals surface area contributed by atoms with Crippen molar-refractivity contribution < 1.29 is 4.57 Å². The molecular weight excluding hydrogens is 665 g/mol. The molecule has 4 aliphatic rings. The van der Waals surface area contributed by atoms with Gasteiger partial charge in [0.15, 0.2) is 11.7 Å². The van der Waals surface area contributed by atoms with Crippen LogP contribution in [0.1, 0.15) is 110 Å². The highest BCUT2D eigenvalue weighted by Crippen LogP contribution is 2.63. The molecule has 0 saturated heterocycles. The number of fused-ring (bicyclic) bond motifs is 15. The Morgan fingerprint density at radius 3 is 1.98 bits per heavy atom. The number of rotatable bonds is 3. The molecule has 3 heterocycles. The van der Waals surface area contributed by atoms with Crippen LogP contribution < -0.4 is 4.57 Å². The van der Waals surface area contributed by atoms with Gasteiger partial charge in [0.1, 0.15) is 0 Å². The Hall–Kier alpha value is -4.95. The van der Waals surface area contributed by atoms with E-state index in [4.69, 9.17) is 0 Å². The summed E-state index contributed by atoms with van der Waals surface area (Å²) < 4.78 is 5.25. The lowest BCUT2D eigenvalue weighted by Crippen LogP contribution is -2.72. The van der Waals surface area contributed by atoms with Gasteiger partial charge in [0, 0.05) is 34.4 Å². The first-order valence-electron chi connectivity index (χ1n) is 20.7. The van der Waals surface area contributed by atoms with Gasteiger partial charge in [-0.2, -0.15) is 4.57 Å². The molecule has 0 amide bonds. The third kappa shape index (κ3) is 3.54. The van der Waals surface area contributed by atoms with E-state index in [0.29, 0.717) is 0 Å². The fraction of sp³-hybridized carbons (Fsp3) is 0.340. The maximum absolute atomic E-state index is 2.69. The maximum Gasteiger partial charge on any atom is 0.221 e. The Labute approximate surface area is 326 Å². The van der Waals surface area contributed by atoms with Gasteiger partial charge >= 0.3 is 0 Å². The Kier molecular flexibility index (Phi) is 6.11. The van der Waals surface area contributed by atoms with E-state index in [1.807, 2.05) is 0 Å².